The highest BCUT2D eigenvalue weighted by molar-refractivity contribution is 5.87. The van der Waals surface area contributed by atoms with E-state index in [0.717, 1.165) is 5.56 Å². The summed E-state index contributed by atoms with van der Waals surface area (Å²) in [6.45, 7) is 5.51. The van der Waals surface area contributed by atoms with Crippen LogP contribution in [0.2, 0.25) is 0 Å². The molecule has 0 bridgehead atoms. The Morgan fingerprint density at radius 1 is 1.47 bits per heavy atom. The molecular weight excluding hydrogens is 190 g/mol. The summed E-state index contributed by atoms with van der Waals surface area (Å²) in [5.74, 6) is -0.341. The molecule has 3 heteroatoms. The maximum Gasteiger partial charge on any atom is 0.331 e. The van der Waals surface area contributed by atoms with Gasteiger partial charge in [-0.1, -0.05) is 6.07 Å². The lowest BCUT2D eigenvalue weighted by Gasteiger charge is -2.17. The van der Waals surface area contributed by atoms with E-state index >= 15 is 0 Å². The molecule has 0 saturated heterocycles. The van der Waals surface area contributed by atoms with Gasteiger partial charge in [0.15, 0.2) is 0 Å². The van der Waals surface area contributed by atoms with E-state index in [4.69, 9.17) is 4.74 Å². The minimum Gasteiger partial charge on any atom is -0.457 e. The fourth-order valence-electron chi connectivity index (χ4n) is 0.975. The van der Waals surface area contributed by atoms with Crippen molar-refractivity contribution in [1.82, 2.24) is 4.98 Å². The highest BCUT2D eigenvalue weighted by Gasteiger charge is 2.13. The Hall–Kier alpha value is -1.64. The van der Waals surface area contributed by atoms with E-state index in [1.807, 2.05) is 32.9 Å². The Kier molecular flexibility index (Phi) is 3.61. The number of ether oxygens (including phenoxy) is 1. The van der Waals surface area contributed by atoms with E-state index in [-0.39, 0.29) is 5.97 Å². The summed E-state index contributed by atoms with van der Waals surface area (Å²) in [6, 6.07) is 3.68. The molecule has 15 heavy (non-hydrogen) atoms. The second-order valence-electron chi connectivity index (χ2n) is 4.15. The molecule has 0 saturated carbocycles. The summed E-state index contributed by atoms with van der Waals surface area (Å²) < 4.78 is 5.11. The van der Waals surface area contributed by atoms with Crippen molar-refractivity contribution in [1.29, 1.82) is 0 Å². The summed E-state index contributed by atoms with van der Waals surface area (Å²) in [6.07, 6.45) is 6.45. The van der Waals surface area contributed by atoms with Crippen LogP contribution in [-0.2, 0) is 9.53 Å². The van der Waals surface area contributed by atoms with E-state index in [1.165, 1.54) is 6.08 Å². The zero-order valence-electron chi connectivity index (χ0n) is 9.23. The van der Waals surface area contributed by atoms with Gasteiger partial charge in [-0.2, -0.15) is 0 Å². The molecule has 0 unspecified atom stereocenters. The van der Waals surface area contributed by atoms with Crippen molar-refractivity contribution in [2.45, 2.75) is 26.4 Å². The van der Waals surface area contributed by atoms with Crippen LogP contribution in [0.5, 0.6) is 0 Å². The summed E-state index contributed by atoms with van der Waals surface area (Å²) >= 11 is 0. The minimum atomic E-state index is -0.448. The topological polar surface area (TPSA) is 39.2 Å². The molecule has 0 aromatic carbocycles. The number of nitrogens with zero attached hydrogens (tertiary/aromatic N) is 1. The smallest absolute Gasteiger partial charge is 0.331 e. The maximum absolute atomic E-state index is 11.3. The Balaban J connectivity index is 2.56. The largest absolute Gasteiger partial charge is 0.457 e. The molecule has 1 heterocycles. The molecule has 1 rings (SSSR count). The van der Waals surface area contributed by atoms with Crippen LogP contribution in [0.15, 0.2) is 30.6 Å². The van der Waals surface area contributed by atoms with Gasteiger partial charge in [-0.15, -0.1) is 0 Å². The van der Waals surface area contributed by atoms with Crippen molar-refractivity contribution in [3.8, 4) is 0 Å². The first-order valence-corrected chi connectivity index (χ1v) is 4.78. The van der Waals surface area contributed by atoms with Gasteiger partial charge in [-0.25, -0.2) is 4.79 Å². The number of hydrogen-bond donors (Lipinski definition) is 0. The quantitative estimate of drug-likeness (QED) is 0.550. The molecule has 80 valence electrons. The molecule has 0 aliphatic carbocycles. The average Bonchev–Trinajstić information content (AvgIpc) is 2.14. The van der Waals surface area contributed by atoms with Gasteiger partial charge < -0.3 is 4.74 Å². The molecular formula is C12H15NO2. The summed E-state index contributed by atoms with van der Waals surface area (Å²) in [5.41, 5.74) is 0.430. The third-order valence-electron chi connectivity index (χ3n) is 1.50. The number of hydrogen-bond acceptors (Lipinski definition) is 3. The SMILES string of the molecule is CC(C)(C)OC(=O)/C=C/c1cccnc1. The highest BCUT2D eigenvalue weighted by atomic mass is 16.6. The number of aromatic nitrogens is 1. The van der Waals surface area contributed by atoms with Gasteiger partial charge in [0.25, 0.3) is 0 Å². The molecule has 1 aromatic heterocycles. The second-order valence-corrected chi connectivity index (χ2v) is 4.15. The van der Waals surface area contributed by atoms with Crippen molar-refractivity contribution >= 4 is 12.0 Å². The average molecular weight is 205 g/mol. The first-order chi connectivity index (χ1) is 6.97. The van der Waals surface area contributed by atoms with Gasteiger partial charge in [0.2, 0.25) is 0 Å². The molecule has 0 spiro atoms. The zero-order chi connectivity index (χ0) is 11.3. The van der Waals surface area contributed by atoms with Crippen molar-refractivity contribution in [2.75, 3.05) is 0 Å². The van der Waals surface area contributed by atoms with Crippen molar-refractivity contribution in [3.63, 3.8) is 0 Å². The van der Waals surface area contributed by atoms with E-state index in [9.17, 15) is 4.79 Å². The lowest BCUT2D eigenvalue weighted by atomic mass is 10.2. The molecule has 0 aliphatic rings. The van der Waals surface area contributed by atoms with Crippen LogP contribution < -0.4 is 0 Å². The third kappa shape index (κ3) is 4.96. The Bertz CT molecular complexity index is 350. The standard InChI is InChI=1S/C12H15NO2/c1-12(2,3)15-11(14)7-6-10-5-4-8-13-9-10/h4-9H,1-3H3/b7-6+. The molecule has 3 nitrogen and oxygen atoms in total. The van der Waals surface area contributed by atoms with Gasteiger partial charge in [-0.05, 0) is 38.5 Å². The fraction of sp³-hybridized carbons (Fsp3) is 0.333. The number of rotatable bonds is 2. The predicted molar refractivity (Wildman–Crippen MR) is 59.1 cm³/mol. The number of pyridine rings is 1. The summed E-state index contributed by atoms with van der Waals surface area (Å²) in [5, 5.41) is 0. The summed E-state index contributed by atoms with van der Waals surface area (Å²) in [7, 11) is 0. The van der Waals surface area contributed by atoms with Crippen LogP contribution in [0.3, 0.4) is 0 Å². The van der Waals surface area contributed by atoms with E-state index in [2.05, 4.69) is 4.98 Å². The zero-order valence-corrected chi connectivity index (χ0v) is 9.23. The Morgan fingerprint density at radius 3 is 2.73 bits per heavy atom. The molecule has 1 aromatic rings. The van der Waals surface area contributed by atoms with Crippen LogP contribution >= 0.6 is 0 Å². The van der Waals surface area contributed by atoms with Gasteiger partial charge in [0, 0.05) is 18.5 Å². The molecule has 0 radical (unpaired) electrons. The first kappa shape index (κ1) is 11.4. The molecule has 0 aliphatic heterocycles. The first-order valence-electron chi connectivity index (χ1n) is 4.78. The Labute approximate surface area is 89.8 Å². The molecule has 0 N–H and O–H groups in total. The third-order valence-corrected chi connectivity index (χ3v) is 1.50. The number of carbonyl (C=O) groups is 1. The molecule has 0 amide bonds. The van der Waals surface area contributed by atoms with E-state index < -0.39 is 5.60 Å². The van der Waals surface area contributed by atoms with Gasteiger partial charge >= 0.3 is 5.97 Å². The minimum absolute atomic E-state index is 0.341. The highest BCUT2D eigenvalue weighted by Crippen LogP contribution is 2.08. The van der Waals surface area contributed by atoms with Crippen LogP contribution in [0.25, 0.3) is 6.08 Å². The van der Waals surface area contributed by atoms with Crippen molar-refractivity contribution in [2.24, 2.45) is 0 Å². The lowest BCUT2D eigenvalue weighted by Crippen LogP contribution is -2.22. The van der Waals surface area contributed by atoms with E-state index in [0.29, 0.717) is 0 Å². The Morgan fingerprint density at radius 2 is 2.20 bits per heavy atom. The molecule has 0 fully saturated rings. The lowest BCUT2D eigenvalue weighted by molar-refractivity contribution is -0.148. The van der Waals surface area contributed by atoms with Crippen LogP contribution in [0.1, 0.15) is 26.3 Å². The monoisotopic (exact) mass is 205 g/mol. The van der Waals surface area contributed by atoms with Crippen LogP contribution in [-0.4, -0.2) is 16.6 Å². The van der Waals surface area contributed by atoms with E-state index in [1.54, 1.807) is 18.5 Å². The van der Waals surface area contributed by atoms with Crippen LogP contribution in [0.4, 0.5) is 0 Å². The second kappa shape index (κ2) is 4.73. The normalized spacial score (nSPS) is 11.7. The van der Waals surface area contributed by atoms with Gasteiger partial charge in [0.1, 0.15) is 5.60 Å². The van der Waals surface area contributed by atoms with Crippen LogP contribution in [0, 0.1) is 0 Å². The number of esters is 1. The maximum atomic E-state index is 11.3. The van der Waals surface area contributed by atoms with Crippen molar-refractivity contribution < 1.29 is 9.53 Å². The predicted octanol–water partition coefficient (Wildman–Crippen LogP) is 2.44. The van der Waals surface area contributed by atoms with Gasteiger partial charge in [0.05, 0.1) is 0 Å². The van der Waals surface area contributed by atoms with Gasteiger partial charge in [-0.3, -0.25) is 4.98 Å². The van der Waals surface area contributed by atoms with Crippen molar-refractivity contribution in [3.05, 3.63) is 36.2 Å². The summed E-state index contributed by atoms with van der Waals surface area (Å²) in [4.78, 5) is 15.2. The number of carbonyl (C=O) groups excluding carboxylic acids is 1. The fourth-order valence-corrected chi connectivity index (χ4v) is 0.975. The molecule has 0 atom stereocenters.